The molecular weight excluding hydrogens is 336 g/mol. The van der Waals surface area contributed by atoms with Crippen molar-refractivity contribution < 1.29 is 23.8 Å². The first kappa shape index (κ1) is 16.4. The molecule has 3 atom stereocenters. The minimum Gasteiger partial charge on any atom is -0.489 e. The van der Waals surface area contributed by atoms with Gasteiger partial charge in [0.2, 0.25) is 0 Å². The van der Waals surface area contributed by atoms with Crippen molar-refractivity contribution in [2.24, 2.45) is 5.92 Å². The number of hydrogen-bond donors (Lipinski definition) is 1. The number of pyridine rings is 1. The molecule has 0 spiro atoms. The molecule has 1 aliphatic carbocycles. The van der Waals surface area contributed by atoms with E-state index in [9.17, 15) is 9.59 Å². The predicted octanol–water partition coefficient (Wildman–Crippen LogP) is 2.27. The highest BCUT2D eigenvalue weighted by Crippen LogP contribution is 2.59. The normalized spacial score (nSPS) is 21.8. The first-order valence-corrected chi connectivity index (χ1v) is 8.45. The molecular formula is C19H18N2O5. The molecule has 0 bridgehead atoms. The van der Waals surface area contributed by atoms with E-state index in [4.69, 9.17) is 14.2 Å². The maximum Gasteiger partial charge on any atom is 0.313 e. The second-order valence-electron chi connectivity index (χ2n) is 6.14. The van der Waals surface area contributed by atoms with Gasteiger partial charge >= 0.3 is 5.97 Å². The Balaban J connectivity index is 1.53. The third-order valence-corrected chi connectivity index (χ3v) is 4.54. The molecule has 1 aliphatic heterocycles. The first-order valence-electron chi connectivity index (χ1n) is 8.45. The number of hydrogen-bond acceptors (Lipinski definition) is 6. The van der Waals surface area contributed by atoms with Gasteiger partial charge < -0.3 is 19.5 Å². The Morgan fingerprint density at radius 1 is 1.23 bits per heavy atom. The van der Waals surface area contributed by atoms with Gasteiger partial charge in [-0.3, -0.25) is 14.6 Å². The van der Waals surface area contributed by atoms with Crippen LogP contribution in [-0.4, -0.2) is 36.6 Å². The fourth-order valence-electron chi connectivity index (χ4n) is 3.29. The summed E-state index contributed by atoms with van der Waals surface area (Å²) >= 11 is 0. The van der Waals surface area contributed by atoms with E-state index in [-0.39, 0.29) is 35.5 Å². The van der Waals surface area contributed by atoms with Crippen LogP contribution >= 0.6 is 0 Å². The van der Waals surface area contributed by atoms with E-state index >= 15 is 0 Å². The summed E-state index contributed by atoms with van der Waals surface area (Å²) < 4.78 is 16.8. The summed E-state index contributed by atoms with van der Waals surface area (Å²) in [7, 11) is 1.55. The summed E-state index contributed by atoms with van der Waals surface area (Å²) in [4.78, 5) is 27.7. The quantitative estimate of drug-likeness (QED) is 0.829. The number of amides is 1. The zero-order valence-electron chi connectivity index (χ0n) is 14.4. The van der Waals surface area contributed by atoms with E-state index in [1.54, 1.807) is 32.2 Å². The van der Waals surface area contributed by atoms with Gasteiger partial charge in [0, 0.05) is 30.8 Å². The van der Waals surface area contributed by atoms with Crippen LogP contribution in [-0.2, 0) is 9.53 Å². The minimum absolute atomic E-state index is 0.0199. The van der Waals surface area contributed by atoms with Crippen molar-refractivity contribution in [2.75, 3.05) is 13.7 Å². The van der Waals surface area contributed by atoms with Crippen LogP contribution in [0.2, 0.25) is 0 Å². The predicted molar refractivity (Wildman–Crippen MR) is 91.4 cm³/mol. The lowest BCUT2D eigenvalue weighted by Gasteiger charge is -2.11. The number of carbonyl (C=O) groups excluding carboxylic acids is 2. The smallest absolute Gasteiger partial charge is 0.313 e. The lowest BCUT2D eigenvalue weighted by Crippen LogP contribution is -2.18. The standard InChI is InChI=1S/C19H18N2O5/c1-3-24-19(23)16-15-12-8-10(4-5-14(12)26-17(15)16)25-11-6-7-21-13(9-11)18(22)20-2/h4-9,15-17H,3H2,1-2H3,(H,20,22)/t15-,16?,17-/m0/s1. The van der Waals surface area contributed by atoms with Gasteiger partial charge in [-0.2, -0.15) is 0 Å². The van der Waals surface area contributed by atoms with Crippen LogP contribution in [0.5, 0.6) is 17.2 Å². The summed E-state index contributed by atoms with van der Waals surface area (Å²) in [6, 6.07) is 8.75. The Hall–Kier alpha value is -3.09. The van der Waals surface area contributed by atoms with Crippen molar-refractivity contribution in [2.45, 2.75) is 18.9 Å². The highest BCUT2D eigenvalue weighted by atomic mass is 16.5. The number of nitrogens with zero attached hydrogens (tertiary/aromatic N) is 1. The van der Waals surface area contributed by atoms with Crippen molar-refractivity contribution in [1.29, 1.82) is 0 Å². The SMILES string of the molecule is CCOC(=O)C1[C@H]2Oc3ccc(Oc4ccnc(C(=O)NC)c4)cc3[C@@H]12. The van der Waals surface area contributed by atoms with Crippen LogP contribution in [0.25, 0.3) is 0 Å². The van der Waals surface area contributed by atoms with E-state index in [1.165, 1.54) is 6.20 Å². The number of ether oxygens (including phenoxy) is 3. The zero-order valence-corrected chi connectivity index (χ0v) is 14.4. The van der Waals surface area contributed by atoms with Crippen molar-refractivity contribution in [1.82, 2.24) is 10.3 Å². The molecule has 7 nitrogen and oxygen atoms in total. The van der Waals surface area contributed by atoms with Crippen LogP contribution in [0.15, 0.2) is 36.5 Å². The van der Waals surface area contributed by atoms with Gasteiger partial charge in [0.1, 0.15) is 35.0 Å². The van der Waals surface area contributed by atoms with Crippen LogP contribution < -0.4 is 14.8 Å². The Kier molecular flexibility index (Phi) is 3.99. The van der Waals surface area contributed by atoms with E-state index in [0.717, 1.165) is 11.3 Å². The van der Waals surface area contributed by atoms with E-state index in [2.05, 4.69) is 10.3 Å². The number of rotatable bonds is 5. The Labute approximate surface area is 150 Å². The maximum atomic E-state index is 12.0. The number of benzene rings is 1. The summed E-state index contributed by atoms with van der Waals surface area (Å²) in [5.41, 5.74) is 1.23. The molecule has 2 heterocycles. The highest BCUT2D eigenvalue weighted by molar-refractivity contribution is 5.92. The number of esters is 1. The van der Waals surface area contributed by atoms with Crippen molar-refractivity contribution in [3.8, 4) is 17.2 Å². The lowest BCUT2D eigenvalue weighted by atomic mass is 10.1. The van der Waals surface area contributed by atoms with E-state index in [0.29, 0.717) is 18.1 Å². The molecule has 1 aromatic heterocycles. The molecule has 1 amide bonds. The topological polar surface area (TPSA) is 86.8 Å². The van der Waals surface area contributed by atoms with Gasteiger partial charge in [0.25, 0.3) is 5.91 Å². The van der Waals surface area contributed by atoms with Crippen LogP contribution in [0.1, 0.15) is 28.9 Å². The first-order chi connectivity index (χ1) is 12.6. The van der Waals surface area contributed by atoms with Gasteiger partial charge in [-0.1, -0.05) is 0 Å². The largest absolute Gasteiger partial charge is 0.489 e. The lowest BCUT2D eigenvalue weighted by molar-refractivity contribution is -0.145. The maximum absolute atomic E-state index is 12.0. The molecule has 1 saturated carbocycles. The Morgan fingerprint density at radius 2 is 2.04 bits per heavy atom. The molecule has 26 heavy (non-hydrogen) atoms. The molecule has 1 fully saturated rings. The zero-order chi connectivity index (χ0) is 18.3. The summed E-state index contributed by atoms with van der Waals surface area (Å²) in [6.07, 6.45) is 1.38. The minimum atomic E-state index is -0.282. The number of nitrogens with one attached hydrogen (secondary N) is 1. The molecule has 4 rings (SSSR count). The van der Waals surface area contributed by atoms with E-state index in [1.807, 2.05) is 12.1 Å². The number of carbonyl (C=O) groups is 2. The number of fused-ring (bicyclic) bond motifs is 3. The van der Waals surface area contributed by atoms with E-state index < -0.39 is 0 Å². The second-order valence-corrected chi connectivity index (χ2v) is 6.14. The fourth-order valence-corrected chi connectivity index (χ4v) is 3.29. The average molecular weight is 354 g/mol. The van der Waals surface area contributed by atoms with Crippen LogP contribution in [0.4, 0.5) is 0 Å². The Bertz CT molecular complexity index is 882. The molecule has 1 aromatic carbocycles. The molecule has 1 unspecified atom stereocenters. The third-order valence-electron chi connectivity index (χ3n) is 4.54. The van der Waals surface area contributed by atoms with Gasteiger partial charge in [-0.05, 0) is 31.2 Å². The summed E-state index contributed by atoms with van der Waals surface area (Å²) in [5.74, 6) is 1.17. The van der Waals surface area contributed by atoms with Crippen LogP contribution in [0, 0.1) is 5.92 Å². The molecule has 0 saturated heterocycles. The van der Waals surface area contributed by atoms with Gasteiger partial charge in [0.15, 0.2) is 0 Å². The molecule has 7 heteroatoms. The monoisotopic (exact) mass is 354 g/mol. The van der Waals surface area contributed by atoms with Crippen molar-refractivity contribution in [3.05, 3.63) is 47.8 Å². The molecule has 2 aliphatic rings. The number of aromatic nitrogens is 1. The summed E-state index contributed by atoms with van der Waals surface area (Å²) in [6.45, 7) is 2.15. The van der Waals surface area contributed by atoms with Crippen molar-refractivity contribution in [3.63, 3.8) is 0 Å². The van der Waals surface area contributed by atoms with Gasteiger partial charge in [-0.25, -0.2) is 0 Å². The van der Waals surface area contributed by atoms with Crippen LogP contribution in [0.3, 0.4) is 0 Å². The van der Waals surface area contributed by atoms with Crippen molar-refractivity contribution >= 4 is 11.9 Å². The molecule has 1 N–H and O–H groups in total. The summed E-state index contributed by atoms with van der Waals surface area (Å²) in [5, 5.41) is 2.53. The molecule has 2 aromatic rings. The van der Waals surface area contributed by atoms with Gasteiger partial charge in [-0.15, -0.1) is 0 Å². The third kappa shape index (κ3) is 2.75. The molecule has 134 valence electrons. The molecule has 0 radical (unpaired) electrons. The Morgan fingerprint density at radius 3 is 2.81 bits per heavy atom. The van der Waals surface area contributed by atoms with Gasteiger partial charge in [0.05, 0.1) is 6.61 Å². The highest BCUT2D eigenvalue weighted by Gasteiger charge is 2.63. The fraction of sp³-hybridized carbons (Fsp3) is 0.316. The second kappa shape index (κ2) is 6.33. The average Bonchev–Trinajstić information content (AvgIpc) is 3.25.